The van der Waals surface area contributed by atoms with E-state index in [0.29, 0.717) is 6.04 Å². The molecule has 108 valence electrons. The maximum atomic E-state index is 8.92. The van der Waals surface area contributed by atoms with Gasteiger partial charge in [0.15, 0.2) is 0 Å². The molecule has 2 atom stereocenters. The summed E-state index contributed by atoms with van der Waals surface area (Å²) >= 11 is 0. The number of hydrogen-bond acceptors (Lipinski definition) is 3. The van der Waals surface area contributed by atoms with Crippen LogP contribution >= 0.6 is 0 Å². The van der Waals surface area contributed by atoms with Gasteiger partial charge in [0, 0.05) is 12.6 Å². The fourth-order valence-electron chi connectivity index (χ4n) is 2.04. The monoisotopic (exact) mass is 265 g/mol. The van der Waals surface area contributed by atoms with Crippen LogP contribution in [0.5, 0.6) is 5.75 Å². The number of rotatable bonds is 8. The van der Waals surface area contributed by atoms with Gasteiger partial charge in [-0.25, -0.2) is 0 Å². The molecule has 1 aromatic carbocycles. The van der Waals surface area contributed by atoms with Crippen LogP contribution in [0.15, 0.2) is 24.3 Å². The summed E-state index contributed by atoms with van der Waals surface area (Å²) in [6.45, 7) is 7.32. The van der Waals surface area contributed by atoms with Crippen LogP contribution in [0.3, 0.4) is 0 Å². The number of ether oxygens (including phenoxy) is 1. The Hall–Kier alpha value is -1.06. The van der Waals surface area contributed by atoms with E-state index in [1.807, 2.05) is 25.2 Å². The van der Waals surface area contributed by atoms with E-state index < -0.39 is 0 Å². The molecule has 1 aromatic rings. The number of hydrogen-bond donors (Lipinski definition) is 1. The van der Waals surface area contributed by atoms with Gasteiger partial charge in [0.2, 0.25) is 0 Å². The predicted molar refractivity (Wildman–Crippen MR) is 79.7 cm³/mol. The van der Waals surface area contributed by atoms with Gasteiger partial charge in [0.1, 0.15) is 5.75 Å². The van der Waals surface area contributed by atoms with Crippen LogP contribution in [0.4, 0.5) is 0 Å². The van der Waals surface area contributed by atoms with Gasteiger partial charge in [0.05, 0.1) is 12.7 Å². The first-order valence-electron chi connectivity index (χ1n) is 7.08. The summed E-state index contributed by atoms with van der Waals surface area (Å²) in [6.07, 6.45) is 2.31. The molecule has 0 radical (unpaired) electrons. The number of aliphatic hydroxyl groups is 1. The Morgan fingerprint density at radius 3 is 2.53 bits per heavy atom. The van der Waals surface area contributed by atoms with E-state index in [9.17, 15) is 0 Å². The molecule has 0 spiro atoms. The smallest absolute Gasteiger partial charge is 0.122 e. The van der Waals surface area contributed by atoms with Gasteiger partial charge >= 0.3 is 0 Å². The summed E-state index contributed by atoms with van der Waals surface area (Å²) in [6, 6.07) is 8.59. The summed E-state index contributed by atoms with van der Waals surface area (Å²) in [5.41, 5.74) is 1.18. The molecule has 0 aliphatic heterocycles. The van der Waals surface area contributed by atoms with E-state index in [-0.39, 0.29) is 12.7 Å². The highest BCUT2D eigenvalue weighted by atomic mass is 16.5. The second kappa shape index (κ2) is 8.18. The third kappa shape index (κ3) is 5.62. The van der Waals surface area contributed by atoms with Crippen molar-refractivity contribution >= 4 is 0 Å². The first-order chi connectivity index (χ1) is 9.04. The second-order valence-electron chi connectivity index (χ2n) is 5.32. The Morgan fingerprint density at radius 2 is 1.89 bits per heavy atom. The number of nitrogens with zero attached hydrogens (tertiary/aromatic N) is 1. The van der Waals surface area contributed by atoms with E-state index in [1.54, 1.807) is 0 Å². The standard InChI is InChI=1S/C16H27NO2/c1-13-7-5-6-8-16(13)19-15(3)10-9-14(2)17(4)11-12-18/h5-8,14-15,18H,9-12H2,1-4H3/t14-,15+/m1/s1. The van der Waals surface area contributed by atoms with Crippen LogP contribution in [-0.4, -0.2) is 42.4 Å². The minimum Gasteiger partial charge on any atom is -0.490 e. The second-order valence-corrected chi connectivity index (χ2v) is 5.32. The van der Waals surface area contributed by atoms with Crippen LogP contribution in [0, 0.1) is 6.92 Å². The summed E-state index contributed by atoms with van der Waals surface area (Å²) in [4.78, 5) is 2.18. The van der Waals surface area contributed by atoms with Crippen LogP contribution in [0.25, 0.3) is 0 Å². The summed E-state index contributed by atoms with van der Waals surface area (Å²) in [5.74, 6) is 0.978. The van der Waals surface area contributed by atoms with Crippen molar-refractivity contribution < 1.29 is 9.84 Å². The Labute approximate surface area is 117 Å². The van der Waals surface area contributed by atoms with E-state index >= 15 is 0 Å². The minimum absolute atomic E-state index is 0.214. The molecular formula is C16H27NO2. The highest BCUT2D eigenvalue weighted by molar-refractivity contribution is 5.31. The average Bonchev–Trinajstić information content (AvgIpc) is 2.39. The third-order valence-electron chi connectivity index (χ3n) is 3.62. The lowest BCUT2D eigenvalue weighted by Gasteiger charge is -2.25. The summed E-state index contributed by atoms with van der Waals surface area (Å²) in [5, 5.41) is 8.92. The van der Waals surface area contributed by atoms with Crippen molar-refractivity contribution in [1.29, 1.82) is 0 Å². The summed E-state index contributed by atoms with van der Waals surface area (Å²) in [7, 11) is 2.05. The molecule has 0 saturated carbocycles. The highest BCUT2D eigenvalue weighted by Gasteiger charge is 2.12. The van der Waals surface area contributed by atoms with Crippen molar-refractivity contribution in [3.8, 4) is 5.75 Å². The molecular weight excluding hydrogens is 238 g/mol. The number of likely N-dealkylation sites (N-methyl/N-ethyl adjacent to an activating group) is 1. The number of aryl methyl sites for hydroxylation is 1. The minimum atomic E-state index is 0.214. The lowest BCUT2D eigenvalue weighted by Crippen LogP contribution is -2.32. The number of aliphatic hydroxyl groups excluding tert-OH is 1. The fraction of sp³-hybridized carbons (Fsp3) is 0.625. The van der Waals surface area contributed by atoms with E-state index in [2.05, 4.69) is 31.7 Å². The third-order valence-corrected chi connectivity index (χ3v) is 3.62. The summed E-state index contributed by atoms with van der Waals surface area (Å²) < 4.78 is 5.97. The van der Waals surface area contributed by atoms with Crippen LogP contribution < -0.4 is 4.74 Å². The first kappa shape index (κ1) is 16.0. The Kier molecular flexibility index (Phi) is 6.89. The van der Waals surface area contributed by atoms with Crippen molar-refractivity contribution in [2.45, 2.75) is 45.8 Å². The molecule has 0 aliphatic rings. The number of benzene rings is 1. The molecule has 1 rings (SSSR count). The predicted octanol–water partition coefficient (Wildman–Crippen LogP) is 2.86. The molecule has 0 heterocycles. The number of para-hydroxylation sites is 1. The topological polar surface area (TPSA) is 32.7 Å². The van der Waals surface area contributed by atoms with Crippen LogP contribution in [0.2, 0.25) is 0 Å². The SMILES string of the molecule is Cc1ccccc1O[C@@H](C)CC[C@@H](C)N(C)CCO. The van der Waals surface area contributed by atoms with Crippen molar-refractivity contribution in [2.75, 3.05) is 20.2 Å². The Morgan fingerprint density at radius 1 is 1.21 bits per heavy atom. The molecule has 0 aliphatic carbocycles. The maximum absolute atomic E-state index is 8.92. The molecule has 19 heavy (non-hydrogen) atoms. The maximum Gasteiger partial charge on any atom is 0.122 e. The zero-order valence-electron chi connectivity index (χ0n) is 12.6. The van der Waals surface area contributed by atoms with Gasteiger partial charge in [-0.3, -0.25) is 0 Å². The molecule has 0 unspecified atom stereocenters. The van der Waals surface area contributed by atoms with Crippen molar-refractivity contribution in [2.24, 2.45) is 0 Å². The molecule has 0 fully saturated rings. The highest BCUT2D eigenvalue weighted by Crippen LogP contribution is 2.19. The van der Waals surface area contributed by atoms with Gasteiger partial charge < -0.3 is 14.7 Å². The zero-order chi connectivity index (χ0) is 14.3. The lowest BCUT2D eigenvalue weighted by atomic mass is 10.1. The van der Waals surface area contributed by atoms with E-state index in [4.69, 9.17) is 9.84 Å². The first-order valence-corrected chi connectivity index (χ1v) is 7.08. The van der Waals surface area contributed by atoms with Crippen molar-refractivity contribution in [1.82, 2.24) is 4.90 Å². The molecule has 0 aromatic heterocycles. The van der Waals surface area contributed by atoms with Gasteiger partial charge in [-0.15, -0.1) is 0 Å². The van der Waals surface area contributed by atoms with E-state index in [0.717, 1.165) is 25.1 Å². The van der Waals surface area contributed by atoms with Gasteiger partial charge in [0.25, 0.3) is 0 Å². The van der Waals surface area contributed by atoms with E-state index in [1.165, 1.54) is 5.56 Å². The normalized spacial score (nSPS) is 14.4. The average molecular weight is 265 g/mol. The molecule has 1 N–H and O–H groups in total. The van der Waals surface area contributed by atoms with Gasteiger partial charge in [-0.05, 0) is 52.3 Å². The fourth-order valence-corrected chi connectivity index (χ4v) is 2.04. The van der Waals surface area contributed by atoms with Crippen molar-refractivity contribution in [3.63, 3.8) is 0 Å². The van der Waals surface area contributed by atoms with Gasteiger partial charge in [-0.2, -0.15) is 0 Å². The van der Waals surface area contributed by atoms with Crippen LogP contribution in [-0.2, 0) is 0 Å². The Balaban J connectivity index is 2.36. The lowest BCUT2D eigenvalue weighted by molar-refractivity contribution is 0.157. The van der Waals surface area contributed by atoms with Gasteiger partial charge in [-0.1, -0.05) is 18.2 Å². The Bertz CT molecular complexity index is 368. The molecule has 3 heteroatoms. The molecule has 0 amide bonds. The van der Waals surface area contributed by atoms with Crippen molar-refractivity contribution in [3.05, 3.63) is 29.8 Å². The van der Waals surface area contributed by atoms with Crippen LogP contribution in [0.1, 0.15) is 32.3 Å². The molecule has 0 saturated heterocycles. The molecule has 3 nitrogen and oxygen atoms in total. The largest absolute Gasteiger partial charge is 0.490 e. The quantitative estimate of drug-likeness (QED) is 0.784. The zero-order valence-corrected chi connectivity index (χ0v) is 12.6. The molecule has 0 bridgehead atoms.